The van der Waals surface area contributed by atoms with Gasteiger partial charge in [0.25, 0.3) is 0 Å². The molecule has 4 nitrogen and oxygen atoms in total. The fourth-order valence-corrected chi connectivity index (χ4v) is 1.22. The van der Waals surface area contributed by atoms with E-state index in [0.717, 1.165) is 11.1 Å². The molecule has 2 rings (SSSR count). The van der Waals surface area contributed by atoms with Crippen LogP contribution in [0.1, 0.15) is 16.2 Å². The van der Waals surface area contributed by atoms with Crippen LogP contribution < -0.4 is 0 Å². The van der Waals surface area contributed by atoms with Crippen molar-refractivity contribution in [3.05, 3.63) is 29.6 Å². The Morgan fingerprint density at radius 3 is 3.00 bits per heavy atom. The van der Waals surface area contributed by atoms with E-state index >= 15 is 0 Å². The summed E-state index contributed by atoms with van der Waals surface area (Å²) in [4.78, 5) is 17.2. The molecule has 0 saturated heterocycles. The van der Waals surface area contributed by atoms with Gasteiger partial charge in [-0.05, 0) is 24.6 Å². The van der Waals surface area contributed by atoms with E-state index in [-0.39, 0.29) is 5.82 Å². The maximum absolute atomic E-state index is 10.6. The minimum atomic E-state index is -1.03. The largest absolute Gasteiger partial charge is 0.475 e. The number of aromatic nitrogens is 2. The number of hydrogen-bond acceptors (Lipinski definition) is 2. The zero-order valence-corrected chi connectivity index (χ0v) is 7.03. The van der Waals surface area contributed by atoms with Gasteiger partial charge in [0.2, 0.25) is 5.82 Å². The second kappa shape index (κ2) is 2.58. The molecule has 0 radical (unpaired) electrons. The first-order valence-electron chi connectivity index (χ1n) is 3.86. The quantitative estimate of drug-likeness (QED) is 0.693. The summed E-state index contributed by atoms with van der Waals surface area (Å²) in [6, 6.07) is 5.57. The van der Waals surface area contributed by atoms with Crippen LogP contribution in [0, 0.1) is 6.92 Å². The lowest BCUT2D eigenvalue weighted by Gasteiger charge is -1.89. The minimum Gasteiger partial charge on any atom is -0.475 e. The van der Waals surface area contributed by atoms with Crippen molar-refractivity contribution in [1.29, 1.82) is 0 Å². The van der Waals surface area contributed by atoms with Gasteiger partial charge in [-0.1, -0.05) is 6.07 Å². The Labute approximate surface area is 74.2 Å². The number of aromatic carboxylic acids is 1. The molecule has 2 aromatic rings. The Morgan fingerprint density at radius 1 is 1.54 bits per heavy atom. The Morgan fingerprint density at radius 2 is 2.31 bits per heavy atom. The summed E-state index contributed by atoms with van der Waals surface area (Å²) in [7, 11) is 0. The summed E-state index contributed by atoms with van der Waals surface area (Å²) in [6.45, 7) is 1.95. The monoisotopic (exact) mass is 176 g/mol. The highest BCUT2D eigenvalue weighted by Crippen LogP contribution is 2.12. The molecule has 66 valence electrons. The third kappa shape index (κ3) is 1.26. The summed E-state index contributed by atoms with van der Waals surface area (Å²) in [5.41, 5.74) is 2.52. The molecule has 13 heavy (non-hydrogen) atoms. The second-order valence-electron chi connectivity index (χ2n) is 2.91. The molecule has 0 bridgehead atoms. The van der Waals surface area contributed by atoms with Gasteiger partial charge in [0.15, 0.2) is 0 Å². The van der Waals surface area contributed by atoms with Gasteiger partial charge in [0.1, 0.15) is 0 Å². The lowest BCUT2D eigenvalue weighted by molar-refractivity contribution is 0.0685. The predicted octanol–water partition coefficient (Wildman–Crippen LogP) is 1.57. The van der Waals surface area contributed by atoms with Gasteiger partial charge in [-0.25, -0.2) is 9.78 Å². The van der Waals surface area contributed by atoms with Gasteiger partial charge in [0, 0.05) is 0 Å². The fraction of sp³-hybridized carbons (Fsp3) is 0.111. The topological polar surface area (TPSA) is 66.0 Å². The third-order valence-corrected chi connectivity index (χ3v) is 1.84. The predicted molar refractivity (Wildman–Crippen MR) is 47.8 cm³/mol. The van der Waals surface area contributed by atoms with Crippen LogP contribution in [0.4, 0.5) is 0 Å². The summed E-state index contributed by atoms with van der Waals surface area (Å²) < 4.78 is 0. The number of fused-ring (bicyclic) bond motifs is 1. The van der Waals surface area contributed by atoms with Crippen LogP contribution in [0.2, 0.25) is 0 Å². The SMILES string of the molecule is Cc1ccc2nc(C(=O)O)[nH]c2c1. The molecule has 0 spiro atoms. The van der Waals surface area contributed by atoms with Crippen molar-refractivity contribution in [2.45, 2.75) is 6.92 Å². The number of H-pyrrole nitrogens is 1. The molecule has 0 saturated carbocycles. The van der Waals surface area contributed by atoms with E-state index in [1.54, 1.807) is 6.07 Å². The molecule has 0 atom stereocenters. The van der Waals surface area contributed by atoms with E-state index in [4.69, 9.17) is 5.11 Å². The van der Waals surface area contributed by atoms with Crippen molar-refractivity contribution in [2.75, 3.05) is 0 Å². The lowest BCUT2D eigenvalue weighted by atomic mass is 10.2. The van der Waals surface area contributed by atoms with Crippen molar-refractivity contribution < 1.29 is 9.90 Å². The number of carboxylic acid groups (broad SMARTS) is 1. The van der Waals surface area contributed by atoms with Gasteiger partial charge >= 0.3 is 5.97 Å². The van der Waals surface area contributed by atoms with Crippen molar-refractivity contribution >= 4 is 17.0 Å². The van der Waals surface area contributed by atoms with Gasteiger partial charge in [-0.3, -0.25) is 0 Å². The average molecular weight is 176 g/mol. The molecule has 0 fully saturated rings. The van der Waals surface area contributed by atoms with Crippen molar-refractivity contribution in [2.24, 2.45) is 0 Å². The van der Waals surface area contributed by atoms with E-state index in [2.05, 4.69) is 9.97 Å². The number of carbonyl (C=O) groups is 1. The number of hydrogen-bond donors (Lipinski definition) is 2. The summed E-state index contributed by atoms with van der Waals surface area (Å²) in [5.74, 6) is -1.05. The van der Waals surface area contributed by atoms with Gasteiger partial charge < -0.3 is 10.1 Å². The number of benzene rings is 1. The van der Waals surface area contributed by atoms with E-state index in [9.17, 15) is 4.79 Å². The van der Waals surface area contributed by atoms with Crippen molar-refractivity contribution in [3.63, 3.8) is 0 Å². The van der Waals surface area contributed by atoms with Crippen LogP contribution in [0.5, 0.6) is 0 Å². The molecule has 0 aliphatic rings. The smallest absolute Gasteiger partial charge is 0.371 e. The van der Waals surface area contributed by atoms with Crippen molar-refractivity contribution in [1.82, 2.24) is 9.97 Å². The molecule has 1 heterocycles. The molecular weight excluding hydrogens is 168 g/mol. The maximum atomic E-state index is 10.6. The first kappa shape index (κ1) is 7.79. The minimum absolute atomic E-state index is 0.0133. The van der Waals surface area contributed by atoms with E-state index in [0.29, 0.717) is 5.52 Å². The Hall–Kier alpha value is -1.84. The molecule has 1 aromatic carbocycles. The number of rotatable bonds is 1. The highest BCUT2D eigenvalue weighted by molar-refractivity contribution is 5.89. The maximum Gasteiger partial charge on any atom is 0.371 e. The molecule has 2 N–H and O–H groups in total. The highest BCUT2D eigenvalue weighted by atomic mass is 16.4. The number of nitrogens with zero attached hydrogens (tertiary/aromatic N) is 1. The van der Waals surface area contributed by atoms with Gasteiger partial charge in [-0.15, -0.1) is 0 Å². The summed E-state index contributed by atoms with van der Waals surface area (Å²) in [6.07, 6.45) is 0. The van der Waals surface area contributed by atoms with Gasteiger partial charge in [-0.2, -0.15) is 0 Å². The summed E-state index contributed by atoms with van der Waals surface area (Å²) >= 11 is 0. The molecule has 0 aliphatic heterocycles. The van der Waals surface area contributed by atoms with Gasteiger partial charge in [0.05, 0.1) is 11.0 Å². The van der Waals surface area contributed by atoms with E-state index < -0.39 is 5.97 Å². The van der Waals surface area contributed by atoms with Crippen molar-refractivity contribution in [3.8, 4) is 0 Å². The molecule has 1 aromatic heterocycles. The average Bonchev–Trinajstić information content (AvgIpc) is 2.46. The molecular formula is C9H8N2O2. The van der Waals surface area contributed by atoms with Crippen LogP contribution >= 0.6 is 0 Å². The highest BCUT2D eigenvalue weighted by Gasteiger charge is 2.08. The molecule has 4 heteroatoms. The fourth-order valence-electron chi connectivity index (χ4n) is 1.22. The molecule has 0 unspecified atom stereocenters. The number of aryl methyl sites for hydroxylation is 1. The Kier molecular flexibility index (Phi) is 1.55. The first-order valence-corrected chi connectivity index (χ1v) is 3.86. The standard InChI is InChI=1S/C9H8N2O2/c1-5-2-3-6-7(4-5)11-8(10-6)9(12)13/h2-4H,1H3,(H,10,11)(H,12,13). The van der Waals surface area contributed by atoms with Crippen LogP contribution in [-0.2, 0) is 0 Å². The number of aromatic amines is 1. The van der Waals surface area contributed by atoms with E-state index in [1.165, 1.54) is 0 Å². The lowest BCUT2D eigenvalue weighted by Crippen LogP contribution is -1.97. The first-order chi connectivity index (χ1) is 6.16. The Bertz CT molecular complexity index is 473. The molecule has 0 aliphatic carbocycles. The normalized spacial score (nSPS) is 10.5. The second-order valence-corrected chi connectivity index (χ2v) is 2.91. The number of carboxylic acids is 1. The summed E-state index contributed by atoms with van der Waals surface area (Å²) in [5, 5.41) is 8.66. The zero-order chi connectivity index (χ0) is 9.42. The number of imidazole rings is 1. The van der Waals surface area contributed by atoms with Crippen LogP contribution in [0.3, 0.4) is 0 Å². The van der Waals surface area contributed by atoms with E-state index in [1.807, 2.05) is 19.1 Å². The molecule has 0 amide bonds. The van der Waals surface area contributed by atoms with Crippen LogP contribution in [0.15, 0.2) is 18.2 Å². The Balaban J connectivity index is 2.68. The third-order valence-electron chi connectivity index (χ3n) is 1.84. The van der Waals surface area contributed by atoms with Crippen LogP contribution in [-0.4, -0.2) is 21.0 Å². The zero-order valence-electron chi connectivity index (χ0n) is 7.03. The number of nitrogens with one attached hydrogen (secondary N) is 1. The van der Waals surface area contributed by atoms with Crippen LogP contribution in [0.25, 0.3) is 11.0 Å².